The van der Waals surface area contributed by atoms with Crippen molar-refractivity contribution in [3.63, 3.8) is 0 Å². The maximum atomic E-state index is 12.3. The zero-order chi connectivity index (χ0) is 23.8. The molecule has 0 bridgehead atoms. The number of nitrogens with one attached hydrogen (secondary N) is 2. The van der Waals surface area contributed by atoms with Gasteiger partial charge in [-0.3, -0.25) is 4.79 Å². The van der Waals surface area contributed by atoms with Gasteiger partial charge >= 0.3 is 0 Å². The van der Waals surface area contributed by atoms with Crippen LogP contribution in [0.1, 0.15) is 36.0 Å². The summed E-state index contributed by atoms with van der Waals surface area (Å²) in [4.78, 5) is 14.6. The number of aliphatic hydroxyl groups excluding tert-OH is 1. The SMILES string of the molecule is O=C(NC1CC1)c1ccc(-n2ccc3cc(Nc4ccc(N5CCC(O)CC5)cc4)ccc32)cc1. The average Bonchev–Trinajstić information content (AvgIpc) is 3.60. The monoisotopic (exact) mass is 466 g/mol. The summed E-state index contributed by atoms with van der Waals surface area (Å²) in [6.45, 7) is 1.80. The number of carbonyl (C=O) groups excluding carboxylic acids is 1. The first kappa shape index (κ1) is 21.7. The van der Waals surface area contributed by atoms with Gasteiger partial charge in [-0.05, 0) is 98.5 Å². The van der Waals surface area contributed by atoms with Crippen LogP contribution in [0.5, 0.6) is 0 Å². The number of anilines is 3. The molecule has 3 N–H and O–H groups in total. The van der Waals surface area contributed by atoms with Crippen LogP contribution in [0.3, 0.4) is 0 Å². The molecule has 1 saturated heterocycles. The summed E-state index contributed by atoms with van der Waals surface area (Å²) in [7, 11) is 0. The van der Waals surface area contributed by atoms with E-state index in [1.807, 2.05) is 24.3 Å². The summed E-state index contributed by atoms with van der Waals surface area (Å²) in [6.07, 6.45) is 5.75. The van der Waals surface area contributed by atoms with Crippen molar-refractivity contribution in [2.75, 3.05) is 23.3 Å². The highest BCUT2D eigenvalue weighted by Crippen LogP contribution is 2.28. The van der Waals surface area contributed by atoms with Crippen molar-refractivity contribution in [2.24, 2.45) is 0 Å². The van der Waals surface area contributed by atoms with E-state index in [0.29, 0.717) is 11.6 Å². The highest BCUT2D eigenvalue weighted by atomic mass is 16.3. The van der Waals surface area contributed by atoms with E-state index in [4.69, 9.17) is 0 Å². The van der Waals surface area contributed by atoms with Gasteiger partial charge in [-0.1, -0.05) is 0 Å². The fourth-order valence-electron chi connectivity index (χ4n) is 4.76. The lowest BCUT2D eigenvalue weighted by atomic mass is 10.1. The smallest absolute Gasteiger partial charge is 0.251 e. The van der Waals surface area contributed by atoms with E-state index < -0.39 is 0 Å². The predicted octanol–water partition coefficient (Wildman–Crippen LogP) is 5.23. The van der Waals surface area contributed by atoms with Gasteiger partial charge < -0.3 is 25.2 Å². The number of aliphatic hydroxyl groups is 1. The second-order valence-corrected chi connectivity index (χ2v) is 9.64. The van der Waals surface area contributed by atoms with Gasteiger partial charge in [-0.25, -0.2) is 0 Å². The molecular formula is C29H30N4O2. The van der Waals surface area contributed by atoms with E-state index in [1.165, 1.54) is 5.69 Å². The molecule has 2 heterocycles. The normalized spacial score (nSPS) is 16.4. The second-order valence-electron chi connectivity index (χ2n) is 9.64. The average molecular weight is 467 g/mol. The zero-order valence-corrected chi connectivity index (χ0v) is 19.7. The lowest BCUT2D eigenvalue weighted by molar-refractivity contribution is 0.0951. The molecule has 2 aliphatic rings. The molecule has 0 atom stereocenters. The Kier molecular flexibility index (Phi) is 5.66. The number of amides is 1. The van der Waals surface area contributed by atoms with E-state index in [0.717, 1.165) is 66.7 Å². The summed E-state index contributed by atoms with van der Waals surface area (Å²) >= 11 is 0. The lowest BCUT2D eigenvalue weighted by Crippen LogP contribution is -2.35. The number of rotatable bonds is 6. The molecule has 1 aliphatic heterocycles. The quantitative estimate of drug-likeness (QED) is 0.364. The number of hydrogen-bond acceptors (Lipinski definition) is 4. The number of aromatic nitrogens is 1. The molecule has 0 spiro atoms. The van der Waals surface area contributed by atoms with Gasteiger partial charge in [0.25, 0.3) is 5.91 Å². The van der Waals surface area contributed by atoms with E-state index in [9.17, 15) is 9.90 Å². The molecular weight excluding hydrogens is 436 g/mol. The van der Waals surface area contributed by atoms with Crippen molar-refractivity contribution >= 4 is 33.9 Å². The Balaban J connectivity index is 1.15. The molecule has 3 aromatic carbocycles. The van der Waals surface area contributed by atoms with Crippen molar-refractivity contribution in [3.05, 3.63) is 84.6 Å². The molecule has 6 nitrogen and oxygen atoms in total. The number of carbonyl (C=O) groups is 1. The van der Waals surface area contributed by atoms with Crippen molar-refractivity contribution in [1.29, 1.82) is 0 Å². The fraction of sp³-hybridized carbons (Fsp3) is 0.276. The van der Waals surface area contributed by atoms with Gasteiger partial charge in [-0.15, -0.1) is 0 Å². The summed E-state index contributed by atoms with van der Waals surface area (Å²) in [5, 5.41) is 17.4. The lowest BCUT2D eigenvalue weighted by Gasteiger charge is -2.31. The Hall–Kier alpha value is -3.77. The molecule has 2 fully saturated rings. The Morgan fingerprint density at radius 3 is 2.20 bits per heavy atom. The molecule has 178 valence electrons. The van der Waals surface area contributed by atoms with Crippen LogP contribution in [0.2, 0.25) is 0 Å². The molecule has 1 aliphatic carbocycles. The Morgan fingerprint density at radius 1 is 0.800 bits per heavy atom. The first-order valence-corrected chi connectivity index (χ1v) is 12.4. The number of benzene rings is 3. The number of fused-ring (bicyclic) bond motifs is 1. The second kappa shape index (κ2) is 9.12. The Morgan fingerprint density at radius 2 is 1.49 bits per heavy atom. The summed E-state index contributed by atoms with van der Waals surface area (Å²) in [5.74, 6) is 0.00916. The molecule has 0 radical (unpaired) electrons. The minimum Gasteiger partial charge on any atom is -0.393 e. The van der Waals surface area contributed by atoms with Crippen molar-refractivity contribution in [3.8, 4) is 5.69 Å². The number of nitrogens with zero attached hydrogens (tertiary/aromatic N) is 2. The highest BCUT2D eigenvalue weighted by molar-refractivity contribution is 5.95. The van der Waals surface area contributed by atoms with Crippen molar-refractivity contribution in [2.45, 2.75) is 37.8 Å². The molecule has 4 aromatic rings. The van der Waals surface area contributed by atoms with Crippen LogP contribution in [0.4, 0.5) is 17.1 Å². The number of piperidine rings is 1. The van der Waals surface area contributed by atoms with Crippen LogP contribution in [-0.4, -0.2) is 40.8 Å². The Bertz CT molecular complexity index is 1330. The molecule has 1 amide bonds. The summed E-state index contributed by atoms with van der Waals surface area (Å²) < 4.78 is 2.14. The number of hydrogen-bond donors (Lipinski definition) is 3. The predicted molar refractivity (Wildman–Crippen MR) is 141 cm³/mol. The first-order valence-electron chi connectivity index (χ1n) is 12.4. The van der Waals surface area contributed by atoms with Gasteiger partial charge in [0, 0.05) is 59.0 Å². The van der Waals surface area contributed by atoms with Gasteiger partial charge in [0.1, 0.15) is 0 Å². The van der Waals surface area contributed by atoms with Crippen LogP contribution in [0.15, 0.2) is 79.0 Å². The van der Waals surface area contributed by atoms with Gasteiger partial charge in [0.15, 0.2) is 0 Å². The molecule has 6 heteroatoms. The third-order valence-corrected chi connectivity index (χ3v) is 7.00. The van der Waals surface area contributed by atoms with E-state index >= 15 is 0 Å². The topological polar surface area (TPSA) is 69.5 Å². The standard InChI is InChI=1S/C29H30N4O2/c34-27-14-16-32(17-15-27)25-10-5-22(6-11-25)30-24-7-12-28-21(19-24)13-18-33(28)26-8-1-20(2-9-26)29(35)31-23-3-4-23/h1-2,5-13,18-19,23,27,30,34H,3-4,14-17H2,(H,31,35). The van der Waals surface area contributed by atoms with E-state index in [-0.39, 0.29) is 12.0 Å². The molecule has 6 rings (SSSR count). The summed E-state index contributed by atoms with van der Waals surface area (Å²) in [5.41, 5.74) is 6.14. The zero-order valence-electron chi connectivity index (χ0n) is 19.7. The Labute approximate surface area is 205 Å². The molecule has 1 aromatic heterocycles. The minimum atomic E-state index is -0.158. The summed E-state index contributed by atoms with van der Waals surface area (Å²) in [6, 6.07) is 25.1. The van der Waals surface area contributed by atoms with Crippen molar-refractivity contribution < 1.29 is 9.90 Å². The molecule has 35 heavy (non-hydrogen) atoms. The molecule has 0 unspecified atom stereocenters. The van der Waals surface area contributed by atoms with Gasteiger partial charge in [0.05, 0.1) is 11.6 Å². The van der Waals surface area contributed by atoms with E-state index in [2.05, 4.69) is 74.8 Å². The largest absolute Gasteiger partial charge is 0.393 e. The fourth-order valence-corrected chi connectivity index (χ4v) is 4.76. The third kappa shape index (κ3) is 4.75. The van der Waals surface area contributed by atoms with Crippen LogP contribution >= 0.6 is 0 Å². The van der Waals surface area contributed by atoms with Crippen LogP contribution < -0.4 is 15.5 Å². The minimum absolute atomic E-state index is 0.00916. The van der Waals surface area contributed by atoms with Crippen LogP contribution in [-0.2, 0) is 0 Å². The van der Waals surface area contributed by atoms with Gasteiger partial charge in [-0.2, -0.15) is 0 Å². The maximum Gasteiger partial charge on any atom is 0.251 e. The van der Waals surface area contributed by atoms with Crippen LogP contribution in [0.25, 0.3) is 16.6 Å². The van der Waals surface area contributed by atoms with Crippen LogP contribution in [0, 0.1) is 0 Å². The third-order valence-electron chi connectivity index (χ3n) is 7.00. The van der Waals surface area contributed by atoms with Crippen molar-refractivity contribution in [1.82, 2.24) is 9.88 Å². The maximum absolute atomic E-state index is 12.3. The van der Waals surface area contributed by atoms with Gasteiger partial charge in [0.2, 0.25) is 0 Å². The first-order chi connectivity index (χ1) is 17.1. The molecule has 1 saturated carbocycles. The highest BCUT2D eigenvalue weighted by Gasteiger charge is 2.23. The van der Waals surface area contributed by atoms with E-state index in [1.54, 1.807) is 0 Å².